The van der Waals surface area contributed by atoms with Gasteiger partial charge in [0.2, 0.25) is 0 Å². The number of quaternary nitrogens is 1. The molecule has 2 heteroatoms. The fourth-order valence-electron chi connectivity index (χ4n) is 7.85. The normalized spacial score (nSPS) is 34.2. The fourth-order valence-corrected chi connectivity index (χ4v) is 7.85. The van der Waals surface area contributed by atoms with E-state index < -0.39 is 5.41 Å². The lowest BCUT2D eigenvalue weighted by Crippen LogP contribution is -2.83. The molecule has 0 N–H and O–H groups in total. The summed E-state index contributed by atoms with van der Waals surface area (Å²) >= 11 is 0. The summed E-state index contributed by atoms with van der Waals surface area (Å²) in [5.74, 6) is 0.638. The molecule has 1 spiro atoms. The average Bonchev–Trinajstić information content (AvgIpc) is 3.17. The fraction of sp³-hybridized carbons (Fsp3) is 0.536. The zero-order chi connectivity index (χ0) is 20.8. The van der Waals surface area contributed by atoms with Gasteiger partial charge in [-0.05, 0) is 42.7 Å². The third-order valence-electron chi connectivity index (χ3n) is 9.17. The van der Waals surface area contributed by atoms with Crippen molar-refractivity contribution in [2.24, 2.45) is 11.3 Å². The maximum Gasteiger partial charge on any atom is 0.107 e. The molecule has 2 nitrogen and oxygen atoms in total. The number of rotatable bonds is 7. The maximum atomic E-state index is 10.6. The molecule has 5 atom stereocenters. The van der Waals surface area contributed by atoms with Gasteiger partial charge in [0.25, 0.3) is 0 Å². The Morgan fingerprint density at radius 3 is 2.17 bits per heavy atom. The van der Waals surface area contributed by atoms with Crippen LogP contribution in [-0.4, -0.2) is 30.2 Å². The Bertz CT molecular complexity index is 891. The summed E-state index contributed by atoms with van der Waals surface area (Å²) in [7, 11) is 2.54. The van der Waals surface area contributed by atoms with Gasteiger partial charge in [-0.3, -0.25) is 0 Å². The lowest BCUT2D eigenvalue weighted by atomic mass is 9.51. The van der Waals surface area contributed by atoms with E-state index in [1.807, 2.05) is 0 Å². The molecule has 1 aliphatic heterocycles. The van der Waals surface area contributed by atoms with Gasteiger partial charge in [-0.1, -0.05) is 74.0 Å². The molecular formula is C28H35N2+. The highest BCUT2D eigenvalue weighted by molar-refractivity contribution is 5.46. The van der Waals surface area contributed by atoms with Crippen molar-refractivity contribution in [1.29, 1.82) is 5.26 Å². The van der Waals surface area contributed by atoms with Crippen LogP contribution in [0.25, 0.3) is 0 Å². The number of unbranched alkanes of at least 4 members (excludes halogenated alkanes) is 1. The molecular weight excluding hydrogens is 364 g/mol. The van der Waals surface area contributed by atoms with Crippen LogP contribution in [0.15, 0.2) is 60.7 Å². The van der Waals surface area contributed by atoms with Crippen LogP contribution in [0, 0.1) is 22.7 Å². The van der Waals surface area contributed by atoms with Crippen molar-refractivity contribution in [2.45, 2.75) is 69.4 Å². The predicted molar refractivity (Wildman–Crippen MR) is 122 cm³/mol. The van der Waals surface area contributed by atoms with Gasteiger partial charge in [-0.2, -0.15) is 5.26 Å². The van der Waals surface area contributed by atoms with Crippen LogP contribution in [0.2, 0.25) is 0 Å². The van der Waals surface area contributed by atoms with Crippen LogP contribution >= 0.6 is 0 Å². The Hall–Kier alpha value is -2.11. The lowest BCUT2D eigenvalue weighted by Gasteiger charge is -2.71. The van der Waals surface area contributed by atoms with E-state index in [9.17, 15) is 5.26 Å². The first kappa shape index (κ1) is 19.8. The van der Waals surface area contributed by atoms with E-state index >= 15 is 0 Å². The third-order valence-corrected chi connectivity index (χ3v) is 9.17. The molecule has 156 valence electrons. The molecule has 2 aromatic carbocycles. The molecule has 30 heavy (non-hydrogen) atoms. The van der Waals surface area contributed by atoms with Gasteiger partial charge in [0.1, 0.15) is 17.5 Å². The number of nitrogens with zero attached hydrogens (tertiary/aromatic N) is 2. The van der Waals surface area contributed by atoms with Crippen molar-refractivity contribution in [3.05, 3.63) is 71.8 Å². The molecule has 2 unspecified atom stereocenters. The third kappa shape index (κ3) is 2.64. The second-order valence-corrected chi connectivity index (χ2v) is 10.5. The summed E-state index contributed by atoms with van der Waals surface area (Å²) in [6.45, 7) is 3.67. The van der Waals surface area contributed by atoms with Crippen LogP contribution < -0.4 is 0 Å². The lowest BCUT2D eigenvalue weighted by molar-refractivity contribution is -1.03. The first-order valence-corrected chi connectivity index (χ1v) is 12.0. The Labute approximate surface area is 182 Å². The topological polar surface area (TPSA) is 23.8 Å². The SMILES string of the molecule is CCCC[N+]1(C)[C@H]2CCC23C[C@@H](CC(C#N)(c2ccccc2)c2ccccc2)C[C@@H]31. The highest BCUT2D eigenvalue weighted by atomic mass is 15.5. The smallest absolute Gasteiger partial charge is 0.107 e. The summed E-state index contributed by atoms with van der Waals surface area (Å²) in [4.78, 5) is 0. The van der Waals surface area contributed by atoms with Gasteiger partial charge in [0.15, 0.2) is 0 Å². The minimum Gasteiger partial charge on any atom is -0.320 e. The van der Waals surface area contributed by atoms with Crippen molar-refractivity contribution < 1.29 is 4.48 Å². The van der Waals surface area contributed by atoms with E-state index in [2.05, 4.69) is 80.7 Å². The van der Waals surface area contributed by atoms with E-state index in [0.29, 0.717) is 11.3 Å². The summed E-state index contributed by atoms with van der Waals surface area (Å²) in [6, 6.07) is 25.6. The number of nitriles is 1. The monoisotopic (exact) mass is 399 g/mol. The molecule has 3 fully saturated rings. The van der Waals surface area contributed by atoms with E-state index in [1.54, 1.807) is 0 Å². The molecule has 3 aliphatic rings. The highest BCUT2D eigenvalue weighted by Gasteiger charge is 2.77. The van der Waals surface area contributed by atoms with Gasteiger partial charge >= 0.3 is 0 Å². The molecule has 1 heterocycles. The predicted octanol–water partition coefficient (Wildman–Crippen LogP) is 6.07. The highest BCUT2D eigenvalue weighted by Crippen LogP contribution is 2.70. The maximum absolute atomic E-state index is 10.6. The minimum atomic E-state index is -0.542. The average molecular weight is 400 g/mol. The van der Waals surface area contributed by atoms with E-state index in [4.69, 9.17) is 0 Å². The first-order valence-electron chi connectivity index (χ1n) is 12.0. The minimum absolute atomic E-state index is 0.542. The number of hydrogen-bond donors (Lipinski definition) is 0. The summed E-state index contributed by atoms with van der Waals surface area (Å²) < 4.78 is 1.32. The largest absolute Gasteiger partial charge is 0.320 e. The quantitative estimate of drug-likeness (QED) is 0.518. The Morgan fingerprint density at radius 2 is 1.67 bits per heavy atom. The van der Waals surface area contributed by atoms with Crippen molar-refractivity contribution in [3.8, 4) is 6.07 Å². The first-order chi connectivity index (χ1) is 14.6. The number of hydrogen-bond acceptors (Lipinski definition) is 1. The van der Waals surface area contributed by atoms with Crippen molar-refractivity contribution >= 4 is 0 Å². The van der Waals surface area contributed by atoms with Gasteiger partial charge in [-0.25, -0.2) is 0 Å². The summed E-state index contributed by atoms with van der Waals surface area (Å²) in [5, 5.41) is 10.6. The zero-order valence-corrected chi connectivity index (χ0v) is 18.6. The molecule has 2 saturated carbocycles. The standard InChI is InChI=1S/C28H35N2/c1-3-4-17-30(2)25-15-16-27(25)19-22(18-26(27)30)20-28(21-29,23-11-7-5-8-12-23)24-13-9-6-10-14-24/h5-14,22,25-26H,3-4,15-20H2,1-2H3/q+1/t22-,25-,26-,27?,30?/m0/s1. The van der Waals surface area contributed by atoms with Crippen LogP contribution in [0.3, 0.4) is 0 Å². The van der Waals surface area contributed by atoms with Crippen molar-refractivity contribution in [3.63, 3.8) is 0 Å². The number of likely N-dealkylation sites (tertiary alicyclic amines) is 1. The summed E-state index contributed by atoms with van der Waals surface area (Å²) in [6.07, 6.45) is 9.09. The van der Waals surface area contributed by atoms with Gasteiger partial charge in [0, 0.05) is 12.8 Å². The second-order valence-electron chi connectivity index (χ2n) is 10.5. The molecule has 5 rings (SSSR count). The Kier molecular flexibility index (Phi) is 4.79. The molecule has 0 amide bonds. The molecule has 0 aromatic heterocycles. The Balaban J connectivity index is 1.46. The molecule has 2 aromatic rings. The zero-order valence-electron chi connectivity index (χ0n) is 18.6. The van der Waals surface area contributed by atoms with E-state index in [0.717, 1.165) is 29.6 Å². The molecule has 0 bridgehead atoms. The van der Waals surface area contributed by atoms with Crippen LogP contribution in [0.1, 0.15) is 63.0 Å². The number of benzene rings is 2. The van der Waals surface area contributed by atoms with E-state index in [1.165, 1.54) is 49.6 Å². The molecule has 1 saturated heterocycles. The molecule has 0 radical (unpaired) electrons. The summed E-state index contributed by atoms with van der Waals surface area (Å²) in [5.41, 5.74) is 2.37. The van der Waals surface area contributed by atoms with Crippen molar-refractivity contribution in [1.82, 2.24) is 0 Å². The Morgan fingerprint density at radius 1 is 1.03 bits per heavy atom. The van der Waals surface area contributed by atoms with Crippen LogP contribution in [0.5, 0.6) is 0 Å². The number of piperidine rings is 1. The van der Waals surface area contributed by atoms with Crippen LogP contribution in [0.4, 0.5) is 0 Å². The van der Waals surface area contributed by atoms with Gasteiger partial charge < -0.3 is 4.48 Å². The van der Waals surface area contributed by atoms with Crippen LogP contribution in [-0.2, 0) is 5.41 Å². The molecule has 2 aliphatic carbocycles. The second kappa shape index (κ2) is 7.24. The van der Waals surface area contributed by atoms with Gasteiger partial charge in [0.05, 0.1) is 25.1 Å². The van der Waals surface area contributed by atoms with E-state index in [-0.39, 0.29) is 0 Å². The van der Waals surface area contributed by atoms with Gasteiger partial charge in [-0.15, -0.1) is 0 Å². The van der Waals surface area contributed by atoms with Crippen molar-refractivity contribution in [2.75, 3.05) is 13.6 Å².